The van der Waals surface area contributed by atoms with Crippen molar-refractivity contribution in [3.63, 3.8) is 0 Å². The van der Waals surface area contributed by atoms with Crippen LogP contribution in [0.15, 0.2) is 82.6 Å². The van der Waals surface area contributed by atoms with Crippen LogP contribution in [-0.2, 0) is 20.9 Å². The Balaban J connectivity index is 1.22. The van der Waals surface area contributed by atoms with Gasteiger partial charge in [0.15, 0.2) is 23.3 Å². The van der Waals surface area contributed by atoms with E-state index in [2.05, 4.69) is 15.5 Å². The van der Waals surface area contributed by atoms with Crippen LogP contribution in [-0.4, -0.2) is 39.0 Å². The highest BCUT2D eigenvalue weighted by atomic mass is 32.2. The number of nitrogens with zero attached hydrogens (tertiary/aromatic N) is 3. The highest BCUT2D eigenvalue weighted by Crippen LogP contribution is 2.25. The molecular weight excluding hydrogens is 456 g/mol. The zero-order valence-corrected chi connectivity index (χ0v) is 19.2. The van der Waals surface area contributed by atoms with Gasteiger partial charge >= 0.3 is 5.97 Å². The van der Waals surface area contributed by atoms with Crippen LogP contribution in [0, 0.1) is 0 Å². The second-order valence-electron chi connectivity index (χ2n) is 6.96. The minimum absolute atomic E-state index is 0.00487. The maximum atomic E-state index is 12.1. The third-order valence-electron chi connectivity index (χ3n) is 4.57. The van der Waals surface area contributed by atoms with Crippen molar-refractivity contribution in [1.82, 2.24) is 14.8 Å². The second-order valence-corrected chi connectivity index (χ2v) is 7.91. The van der Waals surface area contributed by atoms with Gasteiger partial charge in [0.1, 0.15) is 11.5 Å². The summed E-state index contributed by atoms with van der Waals surface area (Å²) in [7, 11) is 0. The lowest BCUT2D eigenvalue weighted by atomic mass is 10.3. The van der Waals surface area contributed by atoms with Crippen LogP contribution < -0.4 is 10.1 Å². The van der Waals surface area contributed by atoms with Gasteiger partial charge in [0.2, 0.25) is 0 Å². The second kappa shape index (κ2) is 11.2. The molecule has 1 N–H and O–H groups in total. The number of esters is 1. The molecule has 0 aliphatic carbocycles. The van der Waals surface area contributed by atoms with Crippen LogP contribution in [0.1, 0.15) is 6.92 Å². The number of carbonyl (C=O) groups is 2. The number of thioether (sulfide) groups is 1. The van der Waals surface area contributed by atoms with Gasteiger partial charge in [-0.15, -0.1) is 10.2 Å². The molecule has 0 fully saturated rings. The van der Waals surface area contributed by atoms with Crippen molar-refractivity contribution < 1.29 is 23.5 Å². The first kappa shape index (κ1) is 23.1. The molecule has 10 heteroatoms. The average molecular weight is 479 g/mol. The summed E-state index contributed by atoms with van der Waals surface area (Å²) in [6.07, 6.45) is 1.56. The van der Waals surface area contributed by atoms with E-state index in [1.165, 1.54) is 11.8 Å². The number of para-hydroxylation sites is 1. The SMILES string of the molecule is CCn1c(SCC(=O)OCC(=O)Nc2ccc(Oc3ccccc3)cc2)nnc1-c1ccco1. The average Bonchev–Trinajstić information content (AvgIpc) is 3.53. The minimum Gasteiger partial charge on any atom is -0.461 e. The maximum absolute atomic E-state index is 12.1. The number of rotatable bonds is 10. The van der Waals surface area contributed by atoms with E-state index in [9.17, 15) is 9.59 Å². The normalized spacial score (nSPS) is 10.6. The highest BCUT2D eigenvalue weighted by Gasteiger charge is 2.17. The molecule has 2 aromatic carbocycles. The summed E-state index contributed by atoms with van der Waals surface area (Å²) in [4.78, 5) is 24.3. The van der Waals surface area contributed by atoms with Crippen molar-refractivity contribution in [2.75, 3.05) is 17.7 Å². The molecule has 0 unspecified atom stereocenters. The van der Waals surface area contributed by atoms with Crippen LogP contribution in [0.5, 0.6) is 11.5 Å². The molecule has 0 bridgehead atoms. The standard InChI is InChI=1S/C24H22N4O5S/c1-2-28-23(20-9-6-14-31-20)26-27-24(28)34-16-22(30)32-15-21(29)25-17-10-12-19(13-11-17)33-18-7-4-3-5-8-18/h3-14H,2,15-16H2,1H3,(H,25,29). The number of anilines is 1. The summed E-state index contributed by atoms with van der Waals surface area (Å²) in [6.45, 7) is 2.17. The fraction of sp³-hybridized carbons (Fsp3) is 0.167. The van der Waals surface area contributed by atoms with Crippen molar-refractivity contribution in [2.24, 2.45) is 0 Å². The molecule has 0 saturated carbocycles. The number of hydrogen-bond donors (Lipinski definition) is 1. The molecule has 2 aromatic heterocycles. The van der Waals surface area contributed by atoms with Gasteiger partial charge in [-0.1, -0.05) is 30.0 Å². The van der Waals surface area contributed by atoms with E-state index in [0.717, 1.165) is 5.75 Å². The molecule has 2 heterocycles. The highest BCUT2D eigenvalue weighted by molar-refractivity contribution is 7.99. The molecule has 4 aromatic rings. The first-order chi connectivity index (χ1) is 16.6. The Kier molecular flexibility index (Phi) is 7.61. The largest absolute Gasteiger partial charge is 0.461 e. The molecule has 0 atom stereocenters. The number of aromatic nitrogens is 3. The number of benzene rings is 2. The number of carbonyl (C=O) groups excluding carboxylic acids is 2. The lowest BCUT2D eigenvalue weighted by molar-refractivity contribution is -0.144. The van der Waals surface area contributed by atoms with Gasteiger partial charge in [-0.25, -0.2) is 0 Å². The van der Waals surface area contributed by atoms with Crippen molar-refractivity contribution >= 4 is 29.3 Å². The number of nitrogens with one attached hydrogen (secondary N) is 1. The van der Waals surface area contributed by atoms with E-state index in [1.807, 2.05) is 41.8 Å². The number of ether oxygens (including phenoxy) is 2. The van der Waals surface area contributed by atoms with Gasteiger partial charge in [-0.2, -0.15) is 0 Å². The Hall–Kier alpha value is -4.05. The molecule has 9 nitrogen and oxygen atoms in total. The predicted octanol–water partition coefficient (Wildman–Crippen LogP) is 4.62. The smallest absolute Gasteiger partial charge is 0.316 e. The molecule has 0 saturated heterocycles. The molecule has 0 spiro atoms. The Labute approximate surface area is 200 Å². The van der Waals surface area contributed by atoms with Crippen molar-refractivity contribution in [1.29, 1.82) is 0 Å². The molecule has 0 aliphatic rings. The third kappa shape index (κ3) is 6.04. The summed E-state index contributed by atoms with van der Waals surface area (Å²) in [6, 6.07) is 19.9. The van der Waals surface area contributed by atoms with Crippen molar-refractivity contribution in [3.05, 3.63) is 73.0 Å². The predicted molar refractivity (Wildman–Crippen MR) is 127 cm³/mol. The maximum Gasteiger partial charge on any atom is 0.316 e. The molecule has 174 valence electrons. The van der Waals surface area contributed by atoms with Crippen LogP contribution in [0.25, 0.3) is 11.6 Å². The van der Waals surface area contributed by atoms with Crippen LogP contribution in [0.3, 0.4) is 0 Å². The summed E-state index contributed by atoms with van der Waals surface area (Å²) in [5.74, 6) is 1.57. The lowest BCUT2D eigenvalue weighted by Crippen LogP contribution is -2.21. The molecular formula is C24H22N4O5S. The Bertz CT molecular complexity index is 1220. The summed E-state index contributed by atoms with van der Waals surface area (Å²) >= 11 is 1.18. The van der Waals surface area contributed by atoms with Crippen LogP contribution >= 0.6 is 11.8 Å². The zero-order chi connectivity index (χ0) is 23.8. The Morgan fingerprint density at radius 1 is 1.00 bits per heavy atom. The molecule has 34 heavy (non-hydrogen) atoms. The van der Waals surface area contributed by atoms with Gasteiger partial charge in [0, 0.05) is 12.2 Å². The summed E-state index contributed by atoms with van der Waals surface area (Å²) in [5, 5.41) is 11.5. The minimum atomic E-state index is -0.531. The van der Waals surface area contributed by atoms with E-state index in [1.54, 1.807) is 42.7 Å². The van der Waals surface area contributed by atoms with Crippen molar-refractivity contribution in [2.45, 2.75) is 18.6 Å². The Morgan fingerprint density at radius 3 is 2.47 bits per heavy atom. The summed E-state index contributed by atoms with van der Waals surface area (Å²) < 4.78 is 18.0. The van der Waals surface area contributed by atoms with Gasteiger partial charge in [0.05, 0.1) is 12.0 Å². The molecule has 0 aliphatic heterocycles. The van der Waals surface area contributed by atoms with E-state index < -0.39 is 11.9 Å². The van der Waals surface area contributed by atoms with E-state index in [-0.39, 0.29) is 12.4 Å². The topological polar surface area (TPSA) is 108 Å². The van der Waals surface area contributed by atoms with Gasteiger partial charge in [-0.05, 0) is 55.5 Å². The van der Waals surface area contributed by atoms with Crippen LogP contribution in [0.2, 0.25) is 0 Å². The van der Waals surface area contributed by atoms with E-state index >= 15 is 0 Å². The first-order valence-corrected chi connectivity index (χ1v) is 11.5. The van der Waals surface area contributed by atoms with E-state index in [0.29, 0.717) is 34.7 Å². The zero-order valence-electron chi connectivity index (χ0n) is 18.3. The third-order valence-corrected chi connectivity index (χ3v) is 5.52. The monoisotopic (exact) mass is 478 g/mol. The lowest BCUT2D eigenvalue weighted by Gasteiger charge is -2.09. The molecule has 4 rings (SSSR count). The van der Waals surface area contributed by atoms with Gasteiger partial charge < -0.3 is 19.2 Å². The fourth-order valence-electron chi connectivity index (χ4n) is 3.01. The molecule has 1 amide bonds. The first-order valence-electron chi connectivity index (χ1n) is 10.5. The van der Waals surface area contributed by atoms with Crippen molar-refractivity contribution in [3.8, 4) is 23.1 Å². The fourth-order valence-corrected chi connectivity index (χ4v) is 3.81. The van der Waals surface area contributed by atoms with Crippen LogP contribution in [0.4, 0.5) is 5.69 Å². The van der Waals surface area contributed by atoms with E-state index in [4.69, 9.17) is 13.9 Å². The quantitative estimate of drug-likeness (QED) is 0.260. The Morgan fingerprint density at radius 2 is 1.76 bits per heavy atom. The van der Waals surface area contributed by atoms with Gasteiger partial charge in [-0.3, -0.25) is 14.2 Å². The van der Waals surface area contributed by atoms with Gasteiger partial charge in [0.25, 0.3) is 5.91 Å². The summed E-state index contributed by atoms with van der Waals surface area (Å²) in [5.41, 5.74) is 0.567. The molecule has 0 radical (unpaired) electrons. The number of furan rings is 1. The number of amides is 1. The number of hydrogen-bond acceptors (Lipinski definition) is 8.